The van der Waals surface area contributed by atoms with Gasteiger partial charge in [0.05, 0.1) is 5.75 Å². The van der Waals surface area contributed by atoms with Gasteiger partial charge in [0.25, 0.3) is 5.91 Å². The molecule has 1 aliphatic rings. The minimum absolute atomic E-state index is 0.0674. The Morgan fingerprint density at radius 3 is 2.62 bits per heavy atom. The molecule has 9 heteroatoms. The van der Waals surface area contributed by atoms with E-state index in [0.717, 1.165) is 40.1 Å². The van der Waals surface area contributed by atoms with E-state index < -0.39 is 0 Å². The number of nitrogens with zero attached hydrogens (tertiary/aromatic N) is 5. The molecule has 0 saturated heterocycles. The van der Waals surface area contributed by atoms with Gasteiger partial charge >= 0.3 is 0 Å². The number of aromatic nitrogens is 5. The van der Waals surface area contributed by atoms with Crippen molar-refractivity contribution in [3.8, 4) is 17.1 Å². The van der Waals surface area contributed by atoms with Gasteiger partial charge in [0.1, 0.15) is 10.7 Å². The predicted octanol–water partition coefficient (Wildman–Crippen LogP) is 5.45. The van der Waals surface area contributed by atoms with Gasteiger partial charge in [0.2, 0.25) is 0 Å². The lowest BCUT2D eigenvalue weighted by atomic mass is 9.95. The molecule has 34 heavy (non-hydrogen) atoms. The van der Waals surface area contributed by atoms with E-state index in [2.05, 4.69) is 61.2 Å². The van der Waals surface area contributed by atoms with Gasteiger partial charge in [-0.3, -0.25) is 14.3 Å². The standard InChI is InChI=1S/C25H26N6OS2/c1-17-7-9-20(10-8-17)31-23(18-11-13-26-14-12-18)29-30-25(31)34-16-22-28-21(15-33-22)24(32)27-19-5-3-2-4-6-19/h7-15,19H,2-6,16H2,1H3,(H,27,32). The van der Waals surface area contributed by atoms with Crippen molar-refractivity contribution in [2.75, 3.05) is 0 Å². The normalized spacial score (nSPS) is 14.3. The number of aryl methyl sites for hydroxylation is 1. The maximum absolute atomic E-state index is 12.6. The number of carbonyl (C=O) groups excluding carboxylic acids is 1. The van der Waals surface area contributed by atoms with Crippen LogP contribution in [0.25, 0.3) is 17.1 Å². The Labute approximate surface area is 207 Å². The van der Waals surface area contributed by atoms with E-state index in [9.17, 15) is 4.79 Å². The summed E-state index contributed by atoms with van der Waals surface area (Å²) < 4.78 is 2.06. The first-order valence-electron chi connectivity index (χ1n) is 11.5. The molecule has 1 aliphatic carbocycles. The second kappa shape index (κ2) is 10.5. The molecule has 3 aromatic heterocycles. The van der Waals surface area contributed by atoms with Gasteiger partial charge < -0.3 is 5.32 Å². The molecule has 0 radical (unpaired) electrons. The molecule has 0 atom stereocenters. The first kappa shape index (κ1) is 22.7. The molecular weight excluding hydrogens is 464 g/mol. The Balaban J connectivity index is 1.33. The fraction of sp³-hybridized carbons (Fsp3) is 0.320. The quantitative estimate of drug-likeness (QED) is 0.347. The molecule has 7 nitrogen and oxygen atoms in total. The Morgan fingerprint density at radius 1 is 1.09 bits per heavy atom. The van der Waals surface area contributed by atoms with Crippen LogP contribution in [0.5, 0.6) is 0 Å². The summed E-state index contributed by atoms with van der Waals surface area (Å²) in [5.74, 6) is 1.31. The number of pyridine rings is 1. The second-order valence-electron chi connectivity index (χ2n) is 8.44. The molecule has 0 aliphatic heterocycles. The number of thiazole rings is 1. The van der Waals surface area contributed by atoms with Gasteiger partial charge in [0, 0.05) is 35.1 Å². The van der Waals surface area contributed by atoms with E-state index in [1.54, 1.807) is 24.2 Å². The lowest BCUT2D eigenvalue weighted by Gasteiger charge is -2.22. The van der Waals surface area contributed by atoms with E-state index in [1.165, 1.54) is 36.2 Å². The average Bonchev–Trinajstić information content (AvgIpc) is 3.52. The highest BCUT2D eigenvalue weighted by Gasteiger charge is 2.20. The molecule has 1 aromatic carbocycles. The van der Waals surface area contributed by atoms with Crippen LogP contribution in [0.4, 0.5) is 0 Å². The second-order valence-corrected chi connectivity index (χ2v) is 10.3. The Bertz CT molecular complexity index is 1250. The molecule has 174 valence electrons. The number of carbonyl (C=O) groups is 1. The van der Waals surface area contributed by atoms with Crippen molar-refractivity contribution in [1.82, 2.24) is 30.0 Å². The number of nitrogens with one attached hydrogen (secondary N) is 1. The Hall–Kier alpha value is -3.04. The maximum atomic E-state index is 12.6. The molecule has 4 aromatic rings. The first-order valence-corrected chi connectivity index (χ1v) is 13.3. The maximum Gasteiger partial charge on any atom is 0.270 e. The fourth-order valence-electron chi connectivity index (χ4n) is 4.09. The molecule has 3 heterocycles. The molecular formula is C25H26N6OS2. The topological polar surface area (TPSA) is 85.6 Å². The lowest BCUT2D eigenvalue weighted by Crippen LogP contribution is -2.36. The molecule has 5 rings (SSSR count). The number of rotatable bonds is 7. The van der Waals surface area contributed by atoms with Gasteiger partial charge in [0.15, 0.2) is 11.0 Å². The number of hydrogen-bond acceptors (Lipinski definition) is 7. The van der Waals surface area contributed by atoms with E-state index in [0.29, 0.717) is 11.4 Å². The van der Waals surface area contributed by atoms with Crippen molar-refractivity contribution in [2.24, 2.45) is 0 Å². The number of benzene rings is 1. The summed E-state index contributed by atoms with van der Waals surface area (Å²) in [5, 5.41) is 15.6. The summed E-state index contributed by atoms with van der Waals surface area (Å²) in [5.41, 5.74) is 3.64. The minimum atomic E-state index is -0.0674. The van der Waals surface area contributed by atoms with Gasteiger partial charge in [-0.25, -0.2) is 4.98 Å². The molecule has 0 bridgehead atoms. The Kier molecular flexibility index (Phi) is 7.01. The fourth-order valence-corrected chi connectivity index (χ4v) is 5.84. The van der Waals surface area contributed by atoms with Crippen LogP contribution in [-0.2, 0) is 5.75 Å². The zero-order valence-electron chi connectivity index (χ0n) is 19.0. The molecule has 1 saturated carbocycles. The highest BCUT2D eigenvalue weighted by Crippen LogP contribution is 2.30. The van der Waals surface area contributed by atoms with E-state index in [1.807, 2.05) is 17.5 Å². The summed E-state index contributed by atoms with van der Waals surface area (Å²) in [4.78, 5) is 21.3. The Morgan fingerprint density at radius 2 is 1.85 bits per heavy atom. The van der Waals surface area contributed by atoms with Crippen LogP contribution in [0.15, 0.2) is 59.3 Å². The third-order valence-corrected chi connectivity index (χ3v) is 7.89. The molecule has 1 amide bonds. The van der Waals surface area contributed by atoms with Crippen LogP contribution in [-0.4, -0.2) is 36.7 Å². The van der Waals surface area contributed by atoms with Crippen molar-refractivity contribution in [3.63, 3.8) is 0 Å². The molecule has 0 unspecified atom stereocenters. The smallest absolute Gasteiger partial charge is 0.270 e. The largest absolute Gasteiger partial charge is 0.348 e. The SMILES string of the molecule is Cc1ccc(-n2c(SCc3nc(C(=O)NC4CCCCC4)cs3)nnc2-c2ccncc2)cc1. The van der Waals surface area contributed by atoms with Crippen LogP contribution in [0, 0.1) is 6.92 Å². The van der Waals surface area contributed by atoms with E-state index in [-0.39, 0.29) is 11.9 Å². The monoisotopic (exact) mass is 490 g/mol. The van der Waals surface area contributed by atoms with Crippen LogP contribution in [0.3, 0.4) is 0 Å². The van der Waals surface area contributed by atoms with Gasteiger partial charge in [-0.1, -0.05) is 48.7 Å². The van der Waals surface area contributed by atoms with Crippen LogP contribution < -0.4 is 5.32 Å². The van der Waals surface area contributed by atoms with Crippen molar-refractivity contribution in [1.29, 1.82) is 0 Å². The summed E-state index contributed by atoms with van der Waals surface area (Å²) in [6, 6.07) is 12.5. The van der Waals surface area contributed by atoms with Crippen LogP contribution in [0.1, 0.15) is 53.2 Å². The molecule has 1 fully saturated rings. The molecule has 1 N–H and O–H groups in total. The number of amides is 1. The zero-order chi connectivity index (χ0) is 23.3. The highest BCUT2D eigenvalue weighted by atomic mass is 32.2. The summed E-state index contributed by atoms with van der Waals surface area (Å²) in [6.07, 6.45) is 9.28. The summed E-state index contributed by atoms with van der Waals surface area (Å²) >= 11 is 3.07. The zero-order valence-corrected chi connectivity index (χ0v) is 20.6. The van der Waals surface area contributed by atoms with Crippen molar-refractivity contribution in [2.45, 2.75) is 56.0 Å². The summed E-state index contributed by atoms with van der Waals surface area (Å²) in [7, 11) is 0. The number of hydrogen-bond donors (Lipinski definition) is 1. The van der Waals surface area contributed by atoms with Crippen molar-refractivity contribution >= 4 is 29.0 Å². The minimum Gasteiger partial charge on any atom is -0.348 e. The van der Waals surface area contributed by atoms with Crippen LogP contribution >= 0.6 is 23.1 Å². The van der Waals surface area contributed by atoms with Gasteiger partial charge in [-0.15, -0.1) is 21.5 Å². The van der Waals surface area contributed by atoms with E-state index >= 15 is 0 Å². The third kappa shape index (κ3) is 5.20. The summed E-state index contributed by atoms with van der Waals surface area (Å²) in [6.45, 7) is 2.07. The number of thioether (sulfide) groups is 1. The highest BCUT2D eigenvalue weighted by molar-refractivity contribution is 7.98. The van der Waals surface area contributed by atoms with Gasteiger partial charge in [-0.2, -0.15) is 0 Å². The van der Waals surface area contributed by atoms with Crippen molar-refractivity contribution in [3.05, 3.63) is 70.4 Å². The predicted molar refractivity (Wildman–Crippen MR) is 135 cm³/mol. The first-order chi connectivity index (χ1) is 16.7. The van der Waals surface area contributed by atoms with Crippen molar-refractivity contribution < 1.29 is 4.79 Å². The third-order valence-electron chi connectivity index (χ3n) is 5.91. The lowest BCUT2D eigenvalue weighted by molar-refractivity contribution is 0.0923. The average molecular weight is 491 g/mol. The van der Waals surface area contributed by atoms with E-state index in [4.69, 9.17) is 0 Å². The molecule has 0 spiro atoms. The van der Waals surface area contributed by atoms with Crippen LogP contribution in [0.2, 0.25) is 0 Å². The van der Waals surface area contributed by atoms with Gasteiger partial charge in [-0.05, 0) is 44.0 Å².